The van der Waals surface area contributed by atoms with Crippen LogP contribution >= 0.6 is 11.3 Å². The molecule has 21 heavy (non-hydrogen) atoms. The maximum Gasteiger partial charge on any atom is 0.242 e. The Morgan fingerprint density at radius 2 is 2.10 bits per heavy atom. The Kier molecular flexibility index (Phi) is 3.97. The van der Waals surface area contributed by atoms with Crippen LogP contribution in [0.15, 0.2) is 29.6 Å². The molecule has 2 aromatic rings. The van der Waals surface area contributed by atoms with E-state index in [1.165, 1.54) is 15.6 Å². The quantitative estimate of drug-likeness (QED) is 0.947. The van der Waals surface area contributed by atoms with Crippen molar-refractivity contribution in [3.05, 3.63) is 35.2 Å². The second-order valence-electron chi connectivity index (χ2n) is 5.69. The molecule has 0 radical (unpaired) electrons. The molecular weight excluding hydrogens is 284 g/mol. The Bertz CT molecular complexity index is 647. The van der Waals surface area contributed by atoms with Gasteiger partial charge < -0.3 is 15.4 Å². The fraction of sp³-hybridized carbons (Fsp3) is 0.438. The molecule has 3 rings (SSSR count). The van der Waals surface area contributed by atoms with Crippen LogP contribution in [-0.2, 0) is 16.1 Å². The van der Waals surface area contributed by atoms with Gasteiger partial charge in [0.05, 0.1) is 5.54 Å². The number of carbonyl (C=O) groups excluding carboxylic acids is 1. The summed E-state index contributed by atoms with van der Waals surface area (Å²) in [5, 5.41) is 3.35. The summed E-state index contributed by atoms with van der Waals surface area (Å²) >= 11 is 1.71. The summed E-state index contributed by atoms with van der Waals surface area (Å²) in [5.74, 6) is 0.0149. The Labute approximate surface area is 128 Å². The first-order chi connectivity index (χ1) is 10.1. The number of ether oxygens (including phenoxy) is 1. The maximum atomic E-state index is 12.6. The van der Waals surface area contributed by atoms with Crippen LogP contribution in [0.5, 0.6) is 0 Å². The van der Waals surface area contributed by atoms with Crippen molar-refractivity contribution >= 4 is 27.3 Å². The fourth-order valence-corrected chi connectivity index (χ4v) is 3.77. The zero-order valence-corrected chi connectivity index (χ0v) is 13.0. The van der Waals surface area contributed by atoms with Gasteiger partial charge in [-0.25, -0.2) is 0 Å². The second-order valence-corrected chi connectivity index (χ2v) is 6.60. The normalized spacial score (nSPS) is 17.8. The highest BCUT2D eigenvalue weighted by atomic mass is 32.1. The highest BCUT2D eigenvalue weighted by Gasteiger charge is 2.37. The minimum absolute atomic E-state index is 0.0149. The van der Waals surface area contributed by atoms with Crippen molar-refractivity contribution in [2.75, 3.05) is 20.3 Å². The Balaban J connectivity index is 1.76. The summed E-state index contributed by atoms with van der Waals surface area (Å²) < 4.78 is 6.56. The summed E-state index contributed by atoms with van der Waals surface area (Å²) in [7, 11) is 1.83. The van der Waals surface area contributed by atoms with Crippen molar-refractivity contribution < 1.29 is 9.53 Å². The van der Waals surface area contributed by atoms with E-state index in [2.05, 4.69) is 17.5 Å². The summed E-state index contributed by atoms with van der Waals surface area (Å²) in [4.78, 5) is 14.4. The van der Waals surface area contributed by atoms with Gasteiger partial charge in [0.1, 0.15) is 0 Å². The molecule has 0 saturated carbocycles. The lowest BCUT2D eigenvalue weighted by atomic mass is 9.89. The number of nitrogens with two attached hydrogens (primary N) is 1. The highest BCUT2D eigenvalue weighted by Crippen LogP contribution is 2.27. The van der Waals surface area contributed by atoms with E-state index in [0.29, 0.717) is 32.6 Å². The van der Waals surface area contributed by atoms with E-state index in [1.54, 1.807) is 16.2 Å². The van der Waals surface area contributed by atoms with Crippen LogP contribution < -0.4 is 5.73 Å². The molecule has 1 saturated heterocycles. The molecule has 1 aliphatic heterocycles. The number of hydrogen-bond acceptors (Lipinski definition) is 4. The van der Waals surface area contributed by atoms with Crippen LogP contribution in [-0.4, -0.2) is 36.6 Å². The van der Waals surface area contributed by atoms with Crippen molar-refractivity contribution in [2.45, 2.75) is 24.9 Å². The zero-order chi connectivity index (χ0) is 14.9. The van der Waals surface area contributed by atoms with E-state index in [1.807, 2.05) is 19.2 Å². The maximum absolute atomic E-state index is 12.6. The van der Waals surface area contributed by atoms with Crippen LogP contribution in [0.25, 0.3) is 10.1 Å². The molecule has 1 amide bonds. The number of carbonyl (C=O) groups is 1. The zero-order valence-electron chi connectivity index (χ0n) is 12.2. The molecule has 2 heterocycles. The lowest BCUT2D eigenvalue weighted by Gasteiger charge is -2.35. The average molecular weight is 304 g/mol. The van der Waals surface area contributed by atoms with E-state index in [4.69, 9.17) is 10.5 Å². The lowest BCUT2D eigenvalue weighted by Crippen LogP contribution is -2.57. The number of fused-ring (bicyclic) bond motifs is 1. The molecule has 2 N–H and O–H groups in total. The number of rotatable bonds is 3. The van der Waals surface area contributed by atoms with E-state index in [0.717, 1.165) is 0 Å². The van der Waals surface area contributed by atoms with Gasteiger partial charge in [-0.1, -0.05) is 18.2 Å². The van der Waals surface area contributed by atoms with Crippen molar-refractivity contribution in [3.63, 3.8) is 0 Å². The van der Waals surface area contributed by atoms with Gasteiger partial charge in [0.25, 0.3) is 0 Å². The molecule has 0 unspecified atom stereocenters. The van der Waals surface area contributed by atoms with Gasteiger partial charge in [-0.15, -0.1) is 11.3 Å². The first-order valence-electron chi connectivity index (χ1n) is 7.17. The Morgan fingerprint density at radius 3 is 2.86 bits per heavy atom. The van der Waals surface area contributed by atoms with Gasteiger partial charge in [-0.3, -0.25) is 4.79 Å². The largest absolute Gasteiger partial charge is 0.381 e. The molecule has 0 aliphatic carbocycles. The fourth-order valence-electron chi connectivity index (χ4n) is 2.81. The van der Waals surface area contributed by atoms with E-state index >= 15 is 0 Å². The predicted molar refractivity (Wildman–Crippen MR) is 85.3 cm³/mol. The molecule has 0 bridgehead atoms. The predicted octanol–water partition coefficient (Wildman–Crippen LogP) is 2.37. The highest BCUT2D eigenvalue weighted by molar-refractivity contribution is 7.17. The summed E-state index contributed by atoms with van der Waals surface area (Å²) in [6, 6.07) is 8.28. The molecule has 5 heteroatoms. The van der Waals surface area contributed by atoms with Crippen LogP contribution in [0.1, 0.15) is 18.4 Å². The third-order valence-electron chi connectivity index (χ3n) is 4.13. The molecule has 1 aliphatic rings. The summed E-state index contributed by atoms with van der Waals surface area (Å²) in [6.45, 7) is 1.73. The van der Waals surface area contributed by atoms with Crippen LogP contribution in [0.4, 0.5) is 0 Å². The Hall–Kier alpha value is -1.43. The molecule has 112 valence electrons. The molecule has 0 spiro atoms. The second kappa shape index (κ2) is 5.75. The van der Waals surface area contributed by atoms with Gasteiger partial charge in [0, 0.05) is 31.5 Å². The number of nitrogens with zero attached hydrogens (tertiary/aromatic N) is 1. The average Bonchev–Trinajstić information content (AvgIpc) is 2.90. The number of benzene rings is 1. The van der Waals surface area contributed by atoms with Crippen molar-refractivity contribution in [2.24, 2.45) is 5.73 Å². The first kappa shape index (κ1) is 14.5. The number of hydrogen-bond donors (Lipinski definition) is 1. The minimum Gasteiger partial charge on any atom is -0.381 e. The van der Waals surface area contributed by atoms with E-state index in [-0.39, 0.29) is 5.91 Å². The SMILES string of the molecule is CN(Cc1csc2ccccc12)C(=O)C1(N)CCOCC1. The summed E-state index contributed by atoms with van der Waals surface area (Å²) in [6.07, 6.45) is 1.20. The van der Waals surface area contributed by atoms with Gasteiger partial charge in [-0.2, -0.15) is 0 Å². The molecule has 4 nitrogen and oxygen atoms in total. The van der Waals surface area contributed by atoms with E-state index in [9.17, 15) is 4.79 Å². The number of likely N-dealkylation sites (N-methyl/N-ethyl adjacent to an activating group) is 1. The first-order valence-corrected chi connectivity index (χ1v) is 8.05. The minimum atomic E-state index is -0.765. The third-order valence-corrected chi connectivity index (χ3v) is 5.14. The van der Waals surface area contributed by atoms with Gasteiger partial charge in [-0.05, 0) is 35.2 Å². The molecule has 1 fully saturated rings. The summed E-state index contributed by atoms with van der Waals surface area (Å²) in [5.41, 5.74) is 6.69. The van der Waals surface area contributed by atoms with Gasteiger partial charge in [0.2, 0.25) is 5.91 Å². The third kappa shape index (κ3) is 2.81. The lowest BCUT2D eigenvalue weighted by molar-refractivity contribution is -0.139. The van der Waals surface area contributed by atoms with Crippen molar-refractivity contribution in [3.8, 4) is 0 Å². The Morgan fingerprint density at radius 1 is 1.38 bits per heavy atom. The van der Waals surface area contributed by atoms with E-state index < -0.39 is 5.54 Å². The topological polar surface area (TPSA) is 55.6 Å². The van der Waals surface area contributed by atoms with Gasteiger partial charge >= 0.3 is 0 Å². The standard InChI is InChI=1S/C16H20N2O2S/c1-18(15(19)16(17)6-8-20-9-7-16)10-12-11-21-14-5-3-2-4-13(12)14/h2-5,11H,6-10,17H2,1H3. The number of amides is 1. The number of thiophene rings is 1. The van der Waals surface area contributed by atoms with Crippen LogP contribution in [0, 0.1) is 0 Å². The van der Waals surface area contributed by atoms with Crippen molar-refractivity contribution in [1.82, 2.24) is 4.90 Å². The smallest absolute Gasteiger partial charge is 0.242 e. The van der Waals surface area contributed by atoms with Crippen LogP contribution in [0.2, 0.25) is 0 Å². The molecule has 0 atom stereocenters. The molecule has 1 aromatic heterocycles. The monoisotopic (exact) mass is 304 g/mol. The molecule has 1 aromatic carbocycles. The van der Waals surface area contributed by atoms with Crippen LogP contribution in [0.3, 0.4) is 0 Å². The van der Waals surface area contributed by atoms with Gasteiger partial charge in [0.15, 0.2) is 0 Å². The molecular formula is C16H20N2O2S. The van der Waals surface area contributed by atoms with Crippen molar-refractivity contribution in [1.29, 1.82) is 0 Å².